The maximum atomic E-state index is 12.7. The van der Waals surface area contributed by atoms with Gasteiger partial charge in [-0.25, -0.2) is 4.98 Å². The van der Waals surface area contributed by atoms with E-state index >= 15 is 0 Å². The van der Waals surface area contributed by atoms with Crippen LogP contribution in [0, 0.1) is 22.7 Å². The van der Waals surface area contributed by atoms with Crippen molar-refractivity contribution in [3.63, 3.8) is 0 Å². The number of hydrogen-bond donors (Lipinski definition) is 10. The Bertz CT molecular complexity index is 1540. The van der Waals surface area contributed by atoms with Crippen molar-refractivity contribution < 1.29 is 42.9 Å². The van der Waals surface area contributed by atoms with E-state index in [9.17, 15) is 19.2 Å². The first kappa shape index (κ1) is 61.3. The molecule has 1 aliphatic carbocycles. The molecule has 14 N–H and O–H groups in total. The SMILES string of the molecule is CCCCc1nc(C(=N)N)c(C(=N)OC(C)C)n1CC1CCCCC1.CNCCCCC(NC(=O)C(NC(=O)CCCC(=O)NCCOCCOCCOCCN)C(C)C)C(N)=O.NC=O. The first-order valence-electron chi connectivity index (χ1n) is 23.7. The van der Waals surface area contributed by atoms with Gasteiger partial charge in [0.2, 0.25) is 35.9 Å². The lowest BCUT2D eigenvalue weighted by atomic mass is 9.89. The van der Waals surface area contributed by atoms with E-state index in [0.717, 1.165) is 51.0 Å². The van der Waals surface area contributed by atoms with Crippen molar-refractivity contribution in [3.8, 4) is 0 Å². The van der Waals surface area contributed by atoms with E-state index < -0.39 is 23.9 Å². The largest absolute Gasteiger partial charge is 0.474 e. The fraction of sp³-hybridized carbons (Fsp3) is 0.778. The van der Waals surface area contributed by atoms with Crippen LogP contribution in [-0.2, 0) is 55.9 Å². The van der Waals surface area contributed by atoms with Crippen LogP contribution in [0.25, 0.3) is 0 Å². The van der Waals surface area contributed by atoms with Crippen LogP contribution in [0.5, 0.6) is 0 Å². The molecule has 1 heterocycles. The maximum Gasteiger partial charge on any atom is 0.243 e. The van der Waals surface area contributed by atoms with Gasteiger partial charge in [0.25, 0.3) is 0 Å². The summed E-state index contributed by atoms with van der Waals surface area (Å²) in [4.78, 5) is 62.1. The van der Waals surface area contributed by atoms with E-state index in [-0.39, 0.29) is 54.8 Å². The second kappa shape index (κ2) is 38.4. The molecule has 0 radical (unpaired) electrons. The molecule has 66 heavy (non-hydrogen) atoms. The van der Waals surface area contributed by atoms with Crippen LogP contribution in [0.1, 0.15) is 135 Å². The van der Waals surface area contributed by atoms with Crippen LogP contribution in [0.2, 0.25) is 0 Å². The van der Waals surface area contributed by atoms with Gasteiger partial charge >= 0.3 is 0 Å². The second-order valence-electron chi connectivity index (χ2n) is 16.7. The third-order valence-electron chi connectivity index (χ3n) is 10.3. The monoisotopic (exact) mass is 939 g/mol. The highest BCUT2D eigenvalue weighted by Gasteiger charge is 2.29. The number of carbonyl (C=O) groups is 5. The Hall–Kier alpha value is -4.70. The zero-order valence-electron chi connectivity index (χ0n) is 40.8. The molecule has 1 fully saturated rings. The zero-order valence-corrected chi connectivity index (χ0v) is 40.8. The van der Waals surface area contributed by atoms with Crippen LogP contribution in [0.4, 0.5) is 0 Å². The molecule has 1 aromatic heterocycles. The van der Waals surface area contributed by atoms with Gasteiger partial charge in [-0.05, 0) is 84.2 Å². The minimum Gasteiger partial charge on any atom is -0.474 e. The van der Waals surface area contributed by atoms with Crippen molar-refractivity contribution in [3.05, 3.63) is 17.2 Å². The number of nitrogen functional groups attached to an aromatic ring is 1. The maximum absolute atomic E-state index is 12.7. The van der Waals surface area contributed by atoms with Crippen molar-refractivity contribution in [2.75, 3.05) is 66.3 Å². The third-order valence-corrected chi connectivity index (χ3v) is 10.3. The minimum absolute atomic E-state index is 0.0752. The average molecular weight is 939 g/mol. The number of aromatic nitrogens is 2. The molecule has 0 saturated heterocycles. The topological polar surface area (TPSA) is 340 Å². The minimum atomic E-state index is -0.810. The molecule has 2 atom stereocenters. The molecule has 1 saturated carbocycles. The molecule has 21 nitrogen and oxygen atoms in total. The van der Waals surface area contributed by atoms with Crippen molar-refractivity contribution in [1.29, 1.82) is 10.8 Å². The van der Waals surface area contributed by atoms with Gasteiger partial charge in [-0.3, -0.25) is 34.8 Å². The van der Waals surface area contributed by atoms with E-state index in [1.807, 2.05) is 20.9 Å². The first-order valence-corrected chi connectivity index (χ1v) is 23.7. The summed E-state index contributed by atoms with van der Waals surface area (Å²) < 4.78 is 23.7. The predicted octanol–water partition coefficient (Wildman–Crippen LogP) is 1.72. The number of amidine groups is 1. The van der Waals surface area contributed by atoms with Crippen LogP contribution in [0.15, 0.2) is 0 Å². The number of aryl methyl sites for hydroxylation is 1. The van der Waals surface area contributed by atoms with E-state index in [1.54, 1.807) is 13.8 Å². The van der Waals surface area contributed by atoms with Crippen molar-refractivity contribution in [1.82, 2.24) is 30.8 Å². The van der Waals surface area contributed by atoms with E-state index in [2.05, 4.69) is 43.5 Å². The van der Waals surface area contributed by atoms with Gasteiger partial charge in [-0.15, -0.1) is 0 Å². The third kappa shape index (κ3) is 28.4. The van der Waals surface area contributed by atoms with Crippen LogP contribution in [-0.4, -0.2) is 136 Å². The summed E-state index contributed by atoms with van der Waals surface area (Å²) >= 11 is 0. The Kier molecular flexibility index (Phi) is 35.7. The number of nitrogens with two attached hydrogens (primary N) is 4. The molecular weight excluding hydrogens is 853 g/mol. The summed E-state index contributed by atoms with van der Waals surface area (Å²) in [6.45, 7) is 14.7. The normalized spacial score (nSPS) is 13.3. The van der Waals surface area contributed by atoms with Crippen LogP contribution >= 0.6 is 0 Å². The Labute approximate surface area is 393 Å². The number of nitrogens with one attached hydrogen (secondary N) is 6. The number of unbranched alkanes of at least 4 members (excludes halogenated alkanes) is 2. The molecular formula is C45H86N12O9. The molecule has 2 rings (SSSR count). The number of nitrogens with zero attached hydrogens (tertiary/aromatic N) is 2. The number of imidazole rings is 1. The highest BCUT2D eigenvalue weighted by atomic mass is 16.5. The molecule has 2 unspecified atom stereocenters. The van der Waals surface area contributed by atoms with Gasteiger partial charge in [0.1, 0.15) is 35.1 Å². The molecule has 5 amide bonds. The van der Waals surface area contributed by atoms with Gasteiger partial charge in [0.15, 0.2) is 0 Å². The Morgan fingerprint density at radius 2 is 1.45 bits per heavy atom. The van der Waals surface area contributed by atoms with Gasteiger partial charge in [0, 0.05) is 38.9 Å². The van der Waals surface area contributed by atoms with Gasteiger partial charge < -0.3 is 67.7 Å². The smallest absolute Gasteiger partial charge is 0.243 e. The summed E-state index contributed by atoms with van der Waals surface area (Å²) in [6, 6.07) is -1.60. The number of rotatable bonds is 33. The first-order chi connectivity index (χ1) is 31.6. The van der Waals surface area contributed by atoms with Crippen LogP contribution in [0.3, 0.4) is 0 Å². The predicted molar refractivity (Wildman–Crippen MR) is 256 cm³/mol. The summed E-state index contributed by atoms with van der Waals surface area (Å²) in [5.74, 6) is -0.255. The average Bonchev–Trinajstić information content (AvgIpc) is 3.63. The van der Waals surface area contributed by atoms with Gasteiger partial charge in [-0.1, -0.05) is 46.5 Å². The zero-order chi connectivity index (χ0) is 49.7. The summed E-state index contributed by atoms with van der Waals surface area (Å²) in [6.07, 6.45) is 12.0. The standard InChI is InChI=1S/C25H50N6O7.C19H33N5O.CH3NO/c1-19(2)23(25(35)30-20(24(27)34)7-4-5-11-28-3)31-22(33)9-6-8-21(32)29-12-14-37-16-18-38-17-15-36-13-10-26;1-4-5-11-15-23-16(18(20)21)17(19(22)25-13(2)3)24(15)12-14-9-7-6-8-10-14;2-1-3/h19-20,23,28H,4-18,26H2,1-3H3,(H2,27,34)(H,29,32)(H,30,35)(H,31,33);13-14,22H,4-12H2,1-3H3,(H3,20,21);1H,(H2,2,3). The fourth-order valence-electron chi connectivity index (χ4n) is 6.92. The highest BCUT2D eigenvalue weighted by molar-refractivity contribution is 6.04. The molecule has 0 spiro atoms. The number of primary amides is 2. The van der Waals surface area contributed by atoms with Crippen molar-refractivity contribution >= 4 is 41.8 Å². The molecule has 1 aliphatic rings. The van der Waals surface area contributed by atoms with Crippen LogP contribution < -0.4 is 44.2 Å². The summed E-state index contributed by atoms with van der Waals surface area (Å²) in [5.41, 5.74) is 21.7. The lowest BCUT2D eigenvalue weighted by Gasteiger charge is -2.24. The molecule has 0 aromatic carbocycles. The molecule has 380 valence electrons. The number of carbonyl (C=O) groups excluding carboxylic acids is 5. The molecule has 1 aromatic rings. The van der Waals surface area contributed by atoms with E-state index in [4.69, 9.17) is 51.8 Å². The number of hydrogen-bond acceptors (Lipinski definition) is 14. The van der Waals surface area contributed by atoms with E-state index in [0.29, 0.717) is 82.9 Å². The summed E-state index contributed by atoms with van der Waals surface area (Å²) in [7, 11) is 1.84. The lowest BCUT2D eigenvalue weighted by Crippen LogP contribution is -2.54. The number of ether oxygens (including phenoxy) is 4. The molecule has 0 aliphatic heterocycles. The van der Waals surface area contributed by atoms with Crippen molar-refractivity contribution in [2.45, 2.75) is 149 Å². The molecule has 21 heteroatoms. The van der Waals surface area contributed by atoms with E-state index in [1.165, 1.54) is 32.1 Å². The highest BCUT2D eigenvalue weighted by Crippen LogP contribution is 2.27. The lowest BCUT2D eigenvalue weighted by molar-refractivity contribution is -0.132. The fourth-order valence-corrected chi connectivity index (χ4v) is 6.92. The molecule has 0 bridgehead atoms. The van der Waals surface area contributed by atoms with Crippen molar-refractivity contribution in [2.24, 2.45) is 34.8 Å². The van der Waals surface area contributed by atoms with Gasteiger partial charge in [0.05, 0.1) is 45.7 Å². The Morgan fingerprint density at radius 1 is 0.848 bits per heavy atom. The Morgan fingerprint density at radius 3 is 2.00 bits per heavy atom. The number of amides is 5. The van der Waals surface area contributed by atoms with Gasteiger partial charge in [-0.2, -0.15) is 0 Å². The Balaban J connectivity index is 0.00000129. The summed E-state index contributed by atoms with van der Waals surface area (Å²) in [5, 5.41) is 27.5. The quantitative estimate of drug-likeness (QED) is 0.0208. The second-order valence-corrected chi connectivity index (χ2v) is 16.7.